The van der Waals surface area contributed by atoms with E-state index in [1.165, 1.54) is 0 Å². The summed E-state index contributed by atoms with van der Waals surface area (Å²) < 4.78 is 0. The molecule has 200 valence electrons. The maximum Gasteiger partial charge on any atom is 0.215 e. The Hall–Kier alpha value is -3.06. The first-order valence-corrected chi connectivity index (χ1v) is 13.1. The molecule has 6 nitrogen and oxygen atoms in total. The van der Waals surface area contributed by atoms with Gasteiger partial charge >= 0.3 is 0 Å². The first-order chi connectivity index (χ1) is 17.5. The summed E-state index contributed by atoms with van der Waals surface area (Å²) in [7, 11) is 0. The van der Waals surface area contributed by atoms with Gasteiger partial charge in [-0.15, -0.1) is 0 Å². The number of benzene rings is 2. The van der Waals surface area contributed by atoms with Crippen LogP contribution in [0.15, 0.2) is 24.3 Å². The van der Waals surface area contributed by atoms with Crippen molar-refractivity contribution in [1.82, 2.24) is 0 Å². The summed E-state index contributed by atoms with van der Waals surface area (Å²) in [5, 5.41) is 50.7. The van der Waals surface area contributed by atoms with Gasteiger partial charge in [0.05, 0.1) is 6.07 Å². The lowest BCUT2D eigenvalue weighted by atomic mass is 9.77. The van der Waals surface area contributed by atoms with Crippen LogP contribution in [-0.2, 0) is 30.1 Å². The van der Waals surface area contributed by atoms with Crippen molar-refractivity contribution in [2.45, 2.75) is 89.9 Å². The monoisotopic (exact) mass is 506 g/mol. The molecular formula is C31H42N2O4. The van der Waals surface area contributed by atoms with Crippen molar-refractivity contribution in [3.63, 3.8) is 0 Å². The van der Waals surface area contributed by atoms with Crippen LogP contribution < -0.4 is 0 Å². The lowest BCUT2D eigenvalue weighted by Gasteiger charge is -2.28. The van der Waals surface area contributed by atoms with Gasteiger partial charge in [0.15, 0.2) is 0 Å². The third-order valence-corrected chi connectivity index (χ3v) is 7.29. The summed E-state index contributed by atoms with van der Waals surface area (Å²) in [5.74, 6) is 0.345. The van der Waals surface area contributed by atoms with Crippen LogP contribution in [0.5, 0.6) is 11.5 Å². The lowest BCUT2D eigenvalue weighted by molar-refractivity contribution is 0.288. The topological polar surface area (TPSA) is 109 Å². The zero-order valence-corrected chi connectivity index (χ0v) is 22.8. The van der Waals surface area contributed by atoms with Gasteiger partial charge in [-0.1, -0.05) is 52.0 Å². The quantitative estimate of drug-likeness (QED) is 0.246. The predicted octanol–water partition coefficient (Wildman–Crippen LogP) is 5.71. The smallest absolute Gasteiger partial charge is 0.215 e. The second-order valence-electron chi connectivity index (χ2n) is 11.2. The number of aliphatic hydroxyl groups excluding tert-OH is 2. The van der Waals surface area contributed by atoms with Gasteiger partial charge in [0.2, 0.25) is 6.54 Å². The summed E-state index contributed by atoms with van der Waals surface area (Å²) >= 11 is 0. The zero-order valence-electron chi connectivity index (χ0n) is 22.8. The molecule has 0 amide bonds. The molecule has 2 aromatic rings. The molecule has 0 fully saturated rings. The Balaban J connectivity index is 2.65. The third-order valence-electron chi connectivity index (χ3n) is 7.29. The number of phenols is 2. The number of hydrogen-bond donors (Lipinski definition) is 4. The van der Waals surface area contributed by atoms with E-state index in [-0.39, 0.29) is 24.7 Å². The second kappa shape index (κ2) is 13.5. The van der Waals surface area contributed by atoms with Gasteiger partial charge in [-0.3, -0.25) is 0 Å². The van der Waals surface area contributed by atoms with Gasteiger partial charge in [-0.25, -0.2) is 6.57 Å². The second-order valence-corrected chi connectivity index (χ2v) is 11.2. The maximum absolute atomic E-state index is 11.4. The largest absolute Gasteiger partial charge is 0.507 e. The fourth-order valence-electron chi connectivity index (χ4n) is 4.86. The molecule has 37 heavy (non-hydrogen) atoms. The van der Waals surface area contributed by atoms with Crippen molar-refractivity contribution >= 4 is 0 Å². The highest BCUT2D eigenvalue weighted by molar-refractivity contribution is 5.53. The van der Waals surface area contributed by atoms with E-state index in [0.717, 1.165) is 22.3 Å². The van der Waals surface area contributed by atoms with Gasteiger partial charge in [-0.05, 0) is 59.8 Å². The van der Waals surface area contributed by atoms with E-state index in [0.29, 0.717) is 69.0 Å². The van der Waals surface area contributed by atoms with Crippen molar-refractivity contribution in [2.75, 3.05) is 19.8 Å². The van der Waals surface area contributed by atoms with Crippen LogP contribution in [0.4, 0.5) is 0 Å². The molecular weight excluding hydrogens is 464 g/mol. The van der Waals surface area contributed by atoms with E-state index in [1.807, 2.05) is 52.0 Å². The molecule has 0 atom stereocenters. The SMILES string of the molecule is [C-]#[N+]CCC(C)(C)c1cc(CCCO)cc(Cc2cc(CCCO)cc(C(C)(C)CCC#N)c2O)c1O. The third kappa shape index (κ3) is 7.96. The van der Waals surface area contributed by atoms with Crippen LogP contribution in [-0.4, -0.2) is 40.2 Å². The Morgan fingerprint density at radius 2 is 1.27 bits per heavy atom. The molecule has 2 aromatic carbocycles. The number of nitriles is 1. The minimum absolute atomic E-state index is 0.0696. The number of aliphatic hydroxyl groups is 2. The number of aryl methyl sites for hydroxylation is 2. The number of hydrogen-bond acceptors (Lipinski definition) is 5. The fourth-order valence-corrected chi connectivity index (χ4v) is 4.86. The zero-order chi connectivity index (χ0) is 27.6. The molecule has 0 saturated heterocycles. The van der Waals surface area contributed by atoms with E-state index >= 15 is 0 Å². The van der Waals surface area contributed by atoms with Crippen molar-refractivity contribution in [3.05, 3.63) is 69.1 Å². The van der Waals surface area contributed by atoms with Gasteiger partial charge in [0, 0.05) is 49.0 Å². The standard InChI is InChI=1S/C31H42N2O4/c1-30(2,11-8-13-32)26-19-22(9-6-15-34)17-24(28(26)36)21-25-18-23(10-7-16-35)20-27(29(25)37)31(3,4)12-14-33-5/h17-20,34-37H,6-12,14-16,21H2,1-4H3. The van der Waals surface area contributed by atoms with Crippen LogP contribution in [0.2, 0.25) is 0 Å². The minimum Gasteiger partial charge on any atom is -0.507 e. The van der Waals surface area contributed by atoms with Crippen molar-refractivity contribution in [1.29, 1.82) is 5.26 Å². The highest BCUT2D eigenvalue weighted by Gasteiger charge is 2.29. The molecule has 4 N–H and O–H groups in total. The van der Waals surface area contributed by atoms with E-state index in [1.54, 1.807) is 0 Å². The van der Waals surface area contributed by atoms with Crippen LogP contribution in [0, 0.1) is 17.9 Å². The van der Waals surface area contributed by atoms with Crippen LogP contribution in [0.1, 0.15) is 93.2 Å². The molecule has 0 aliphatic carbocycles. The highest BCUT2D eigenvalue weighted by Crippen LogP contribution is 2.42. The first-order valence-electron chi connectivity index (χ1n) is 13.1. The predicted molar refractivity (Wildman–Crippen MR) is 147 cm³/mol. The molecule has 0 bridgehead atoms. The highest BCUT2D eigenvalue weighted by atomic mass is 16.3. The molecule has 0 spiro atoms. The Morgan fingerprint density at radius 1 is 0.811 bits per heavy atom. The average molecular weight is 507 g/mol. The van der Waals surface area contributed by atoms with E-state index in [2.05, 4.69) is 10.9 Å². The summed E-state index contributed by atoms with van der Waals surface area (Å²) in [6.07, 6.45) is 4.40. The lowest BCUT2D eigenvalue weighted by Crippen LogP contribution is -2.20. The number of nitrogens with zero attached hydrogens (tertiary/aromatic N) is 2. The Morgan fingerprint density at radius 3 is 1.68 bits per heavy atom. The fraction of sp³-hybridized carbons (Fsp3) is 0.548. The normalized spacial score (nSPS) is 11.8. The molecule has 0 radical (unpaired) electrons. The molecule has 0 aliphatic heterocycles. The summed E-state index contributed by atoms with van der Waals surface area (Å²) in [6.45, 7) is 15.8. The van der Waals surface area contributed by atoms with Gasteiger partial charge in [-0.2, -0.15) is 5.26 Å². The molecule has 6 heteroatoms. The first kappa shape index (κ1) is 30.2. The Bertz CT molecular complexity index is 1050. The van der Waals surface area contributed by atoms with Gasteiger partial charge in [0.25, 0.3) is 0 Å². The number of aromatic hydroxyl groups is 2. The molecule has 0 aliphatic rings. The van der Waals surface area contributed by atoms with Crippen LogP contribution in [0.3, 0.4) is 0 Å². The van der Waals surface area contributed by atoms with Crippen molar-refractivity contribution in [2.24, 2.45) is 0 Å². The molecule has 0 saturated carbocycles. The summed E-state index contributed by atoms with van der Waals surface area (Å²) in [5.41, 5.74) is 4.06. The average Bonchev–Trinajstić information content (AvgIpc) is 2.86. The maximum atomic E-state index is 11.4. The van der Waals surface area contributed by atoms with Crippen molar-refractivity contribution < 1.29 is 20.4 Å². The van der Waals surface area contributed by atoms with Gasteiger partial charge < -0.3 is 25.3 Å². The molecule has 0 heterocycles. The molecule has 0 aromatic heterocycles. The summed E-state index contributed by atoms with van der Waals surface area (Å²) in [4.78, 5) is 3.50. The number of phenolic OH excluding ortho intramolecular Hbond substituents is 2. The van der Waals surface area contributed by atoms with Gasteiger partial charge in [0.1, 0.15) is 11.5 Å². The molecule has 2 rings (SSSR count). The minimum atomic E-state index is -0.429. The Labute approximate surface area is 222 Å². The van der Waals surface area contributed by atoms with E-state index in [4.69, 9.17) is 11.8 Å². The van der Waals surface area contributed by atoms with Crippen LogP contribution >= 0.6 is 0 Å². The number of rotatable bonds is 14. The summed E-state index contributed by atoms with van der Waals surface area (Å²) in [6, 6.07) is 10.0. The molecule has 0 unspecified atom stereocenters. The van der Waals surface area contributed by atoms with Crippen molar-refractivity contribution in [3.8, 4) is 17.6 Å². The van der Waals surface area contributed by atoms with E-state index in [9.17, 15) is 20.4 Å². The Kier molecular flexibility index (Phi) is 11.0. The van der Waals surface area contributed by atoms with Crippen LogP contribution in [0.25, 0.3) is 4.85 Å². The van der Waals surface area contributed by atoms with E-state index < -0.39 is 10.8 Å².